The Morgan fingerprint density at radius 2 is 1.89 bits per heavy atom. The number of aromatic nitrogens is 2. The Hall–Kier alpha value is -3.32. The van der Waals surface area contributed by atoms with Crippen molar-refractivity contribution >= 4 is 12.0 Å². The molecule has 2 aliphatic carbocycles. The highest BCUT2D eigenvalue weighted by molar-refractivity contribution is 5.96. The quantitative estimate of drug-likeness (QED) is 0.418. The molecule has 3 aromatic rings. The molecule has 0 saturated heterocycles. The van der Waals surface area contributed by atoms with Gasteiger partial charge in [-0.3, -0.25) is 4.79 Å². The minimum atomic E-state index is -1.01. The van der Waals surface area contributed by atoms with Gasteiger partial charge in [-0.15, -0.1) is 0 Å². The normalized spacial score (nSPS) is 22.6. The van der Waals surface area contributed by atoms with Gasteiger partial charge in [0.15, 0.2) is 0 Å². The van der Waals surface area contributed by atoms with Crippen molar-refractivity contribution < 1.29 is 18.7 Å². The lowest BCUT2D eigenvalue weighted by molar-refractivity contribution is -0.0462. The van der Waals surface area contributed by atoms with E-state index in [1.165, 1.54) is 18.2 Å². The van der Waals surface area contributed by atoms with Gasteiger partial charge >= 0.3 is 0 Å². The molecule has 0 bridgehead atoms. The number of nitrogens with one attached hydrogen (secondary N) is 1. The summed E-state index contributed by atoms with van der Waals surface area (Å²) in [5.41, 5.74) is 2.94. The minimum Gasteiger partial charge on any atom is -0.389 e. The smallest absolute Gasteiger partial charge is 0.254 e. The zero-order valence-corrected chi connectivity index (χ0v) is 22.4. The van der Waals surface area contributed by atoms with Gasteiger partial charge in [-0.25, -0.2) is 13.5 Å². The van der Waals surface area contributed by atoms with Gasteiger partial charge in [-0.05, 0) is 85.1 Å². The lowest BCUT2D eigenvalue weighted by Crippen LogP contribution is -2.45. The van der Waals surface area contributed by atoms with Gasteiger partial charge in [0.1, 0.15) is 11.6 Å². The molecule has 38 heavy (non-hydrogen) atoms. The van der Waals surface area contributed by atoms with E-state index in [1.807, 2.05) is 31.6 Å². The third-order valence-electron chi connectivity index (χ3n) is 8.27. The lowest BCUT2D eigenvalue weighted by Gasteiger charge is -2.42. The molecule has 1 heterocycles. The maximum absolute atomic E-state index is 14.8. The van der Waals surface area contributed by atoms with Crippen LogP contribution in [0.1, 0.15) is 74.1 Å². The lowest BCUT2D eigenvalue weighted by atomic mass is 9.65. The number of carbonyl (C=O) groups is 1. The largest absolute Gasteiger partial charge is 0.389 e. The molecular formula is C31H35F2N3O2. The Morgan fingerprint density at radius 3 is 2.61 bits per heavy atom. The molecule has 200 valence electrons. The molecule has 2 aliphatic rings. The van der Waals surface area contributed by atoms with Crippen molar-refractivity contribution in [2.45, 2.75) is 65.4 Å². The standard InChI is InChI=1S/C31H35F2N3O2/c1-29(2,3)19-34-28(37)27-20(6-5-7-25(27)33)12-14-31(38)15-13-22-16-26-21(17-30(22,31)4)18-35-36(26)24-10-8-23(32)9-11-24/h5-11,16,18,38H,12-15,17,19H2,1-4H3,(H,34,37)/t30-,31-/m0/s1. The van der Waals surface area contributed by atoms with E-state index < -0.39 is 22.7 Å². The van der Waals surface area contributed by atoms with Crippen LogP contribution in [0.15, 0.2) is 54.2 Å². The van der Waals surface area contributed by atoms with Crippen molar-refractivity contribution in [2.24, 2.45) is 10.8 Å². The summed E-state index contributed by atoms with van der Waals surface area (Å²) in [6.07, 6.45) is 6.67. The summed E-state index contributed by atoms with van der Waals surface area (Å²) in [4.78, 5) is 12.9. The summed E-state index contributed by atoms with van der Waals surface area (Å²) >= 11 is 0. The summed E-state index contributed by atoms with van der Waals surface area (Å²) in [7, 11) is 0. The van der Waals surface area contributed by atoms with E-state index in [0.29, 0.717) is 37.8 Å². The monoisotopic (exact) mass is 519 g/mol. The third-order valence-corrected chi connectivity index (χ3v) is 8.27. The van der Waals surface area contributed by atoms with Crippen LogP contribution in [0.5, 0.6) is 0 Å². The molecule has 1 fully saturated rings. The van der Waals surface area contributed by atoms with Gasteiger partial charge < -0.3 is 10.4 Å². The molecule has 2 N–H and O–H groups in total. The second kappa shape index (κ2) is 9.45. The molecule has 0 unspecified atom stereocenters. The molecule has 1 amide bonds. The zero-order valence-electron chi connectivity index (χ0n) is 22.4. The molecule has 0 aliphatic heterocycles. The fourth-order valence-corrected chi connectivity index (χ4v) is 5.93. The minimum absolute atomic E-state index is 0.0609. The van der Waals surface area contributed by atoms with Crippen LogP contribution in [-0.2, 0) is 12.8 Å². The van der Waals surface area contributed by atoms with Crippen LogP contribution >= 0.6 is 0 Å². The van der Waals surface area contributed by atoms with Crippen LogP contribution in [0.25, 0.3) is 11.8 Å². The molecule has 1 aromatic heterocycles. The Labute approximate surface area is 222 Å². The van der Waals surface area contributed by atoms with Crippen LogP contribution in [0, 0.1) is 22.5 Å². The van der Waals surface area contributed by atoms with E-state index in [-0.39, 0.29) is 16.8 Å². The zero-order chi connectivity index (χ0) is 27.3. The summed E-state index contributed by atoms with van der Waals surface area (Å²) < 4.78 is 30.1. The first-order valence-corrected chi connectivity index (χ1v) is 13.2. The van der Waals surface area contributed by atoms with Crippen molar-refractivity contribution in [3.05, 3.63) is 88.3 Å². The third kappa shape index (κ3) is 4.68. The van der Waals surface area contributed by atoms with E-state index in [9.17, 15) is 18.7 Å². The first-order chi connectivity index (χ1) is 17.9. The van der Waals surface area contributed by atoms with E-state index in [0.717, 1.165) is 28.9 Å². The summed E-state index contributed by atoms with van der Waals surface area (Å²) in [6, 6.07) is 10.9. The van der Waals surface area contributed by atoms with Crippen LogP contribution in [0.2, 0.25) is 0 Å². The Bertz CT molecular complexity index is 1400. The topological polar surface area (TPSA) is 67.2 Å². The van der Waals surface area contributed by atoms with Gasteiger partial charge in [-0.2, -0.15) is 5.10 Å². The first-order valence-electron chi connectivity index (χ1n) is 13.2. The van der Waals surface area contributed by atoms with E-state index in [1.54, 1.807) is 24.3 Å². The fraction of sp³-hybridized carbons (Fsp3) is 0.419. The highest BCUT2D eigenvalue weighted by atomic mass is 19.1. The van der Waals surface area contributed by atoms with Gasteiger partial charge in [0.2, 0.25) is 0 Å². The molecule has 5 nitrogen and oxygen atoms in total. The Balaban J connectivity index is 1.38. The van der Waals surface area contributed by atoms with Gasteiger partial charge in [0.05, 0.1) is 28.7 Å². The molecule has 5 rings (SSSR count). The van der Waals surface area contributed by atoms with Gasteiger partial charge in [-0.1, -0.05) is 45.4 Å². The van der Waals surface area contributed by atoms with Crippen molar-refractivity contribution in [1.82, 2.24) is 15.1 Å². The predicted octanol–water partition coefficient (Wildman–Crippen LogP) is 6.03. The number of rotatable bonds is 6. The average molecular weight is 520 g/mol. The van der Waals surface area contributed by atoms with Crippen LogP contribution in [-0.4, -0.2) is 32.9 Å². The van der Waals surface area contributed by atoms with Crippen LogP contribution in [0.3, 0.4) is 0 Å². The van der Waals surface area contributed by atoms with Gasteiger partial charge in [0, 0.05) is 12.0 Å². The number of hydrogen-bond acceptors (Lipinski definition) is 3. The number of carbonyl (C=O) groups excluding carboxylic acids is 1. The van der Waals surface area contributed by atoms with Crippen molar-refractivity contribution in [2.75, 3.05) is 6.54 Å². The number of fused-ring (bicyclic) bond motifs is 2. The molecular weight excluding hydrogens is 484 g/mol. The van der Waals surface area contributed by atoms with E-state index in [2.05, 4.69) is 23.4 Å². The molecule has 0 radical (unpaired) electrons. The molecule has 1 saturated carbocycles. The maximum Gasteiger partial charge on any atom is 0.254 e. The van der Waals surface area contributed by atoms with Gasteiger partial charge in [0.25, 0.3) is 5.91 Å². The van der Waals surface area contributed by atoms with Crippen molar-refractivity contribution in [3.8, 4) is 5.69 Å². The summed E-state index contributed by atoms with van der Waals surface area (Å²) in [5.74, 6) is -1.27. The van der Waals surface area contributed by atoms with Crippen molar-refractivity contribution in [1.29, 1.82) is 0 Å². The second-order valence-electron chi connectivity index (χ2n) is 12.2. The molecule has 0 spiro atoms. The molecule has 2 atom stereocenters. The first kappa shape index (κ1) is 26.3. The SMILES string of the molecule is CC(C)(C)CNC(=O)c1c(F)cccc1CC[C@]1(O)CCC2=Cc3c(cnn3-c3ccc(F)cc3)C[C@@]21C. The molecule has 2 aromatic carbocycles. The predicted molar refractivity (Wildman–Crippen MR) is 144 cm³/mol. The number of nitrogens with zero attached hydrogens (tertiary/aromatic N) is 2. The maximum atomic E-state index is 14.8. The number of benzene rings is 2. The summed E-state index contributed by atoms with van der Waals surface area (Å²) in [6.45, 7) is 8.55. The van der Waals surface area contributed by atoms with Crippen LogP contribution < -0.4 is 5.32 Å². The Kier molecular flexibility index (Phi) is 6.54. The fourth-order valence-electron chi connectivity index (χ4n) is 5.93. The number of hydrogen-bond donors (Lipinski definition) is 2. The number of aliphatic hydroxyl groups is 1. The van der Waals surface area contributed by atoms with Crippen LogP contribution in [0.4, 0.5) is 8.78 Å². The highest BCUT2D eigenvalue weighted by Gasteiger charge is 2.54. The second-order valence-corrected chi connectivity index (χ2v) is 12.2. The molecule has 7 heteroatoms. The van der Waals surface area contributed by atoms with Crippen molar-refractivity contribution in [3.63, 3.8) is 0 Å². The number of aryl methyl sites for hydroxylation is 1. The van der Waals surface area contributed by atoms with E-state index >= 15 is 0 Å². The summed E-state index contributed by atoms with van der Waals surface area (Å²) in [5, 5.41) is 19.4. The number of amides is 1. The average Bonchev–Trinajstić information content (AvgIpc) is 3.37. The van der Waals surface area contributed by atoms with E-state index in [4.69, 9.17) is 0 Å². The number of halogens is 2. The Morgan fingerprint density at radius 1 is 1.16 bits per heavy atom. The highest BCUT2D eigenvalue weighted by Crippen LogP contribution is 2.56.